The number of nitrogen functional groups attached to an aromatic ring is 1. The Kier molecular flexibility index (Phi) is 3.13. The molecule has 0 aromatic heterocycles. The minimum Gasteiger partial charge on any atom is -0.399 e. The van der Waals surface area contributed by atoms with Gasteiger partial charge in [-0.05, 0) is 38.0 Å². The third-order valence-corrected chi connectivity index (χ3v) is 3.22. The van der Waals surface area contributed by atoms with E-state index < -0.39 is 0 Å². The van der Waals surface area contributed by atoms with Crippen molar-refractivity contribution in [3.63, 3.8) is 0 Å². The number of benzene rings is 1. The highest BCUT2D eigenvalue weighted by Gasteiger charge is 2.29. The van der Waals surface area contributed by atoms with Gasteiger partial charge >= 0.3 is 0 Å². The van der Waals surface area contributed by atoms with Crippen LogP contribution in [-0.2, 0) is 4.79 Å². The number of anilines is 2. The standard InChI is InChI=1S/C13H18N2O/c1-2-15(13(16)10-5-3-6-10)12-8-4-7-11(14)9-12/h4,7-10H,2-3,5-6,14H2,1H3. The van der Waals surface area contributed by atoms with Crippen LogP contribution in [0.15, 0.2) is 24.3 Å². The lowest BCUT2D eigenvalue weighted by Crippen LogP contribution is -2.38. The Morgan fingerprint density at radius 2 is 2.25 bits per heavy atom. The molecule has 0 saturated heterocycles. The predicted molar refractivity (Wildman–Crippen MR) is 66.2 cm³/mol. The van der Waals surface area contributed by atoms with Gasteiger partial charge in [0.05, 0.1) is 0 Å². The number of rotatable bonds is 3. The van der Waals surface area contributed by atoms with Crippen molar-refractivity contribution in [2.24, 2.45) is 5.92 Å². The number of nitrogens with two attached hydrogens (primary N) is 1. The van der Waals surface area contributed by atoms with Crippen LogP contribution in [0.3, 0.4) is 0 Å². The van der Waals surface area contributed by atoms with E-state index in [-0.39, 0.29) is 11.8 Å². The lowest BCUT2D eigenvalue weighted by molar-refractivity contribution is -0.124. The lowest BCUT2D eigenvalue weighted by atomic mass is 9.84. The van der Waals surface area contributed by atoms with Crippen LogP contribution in [0.1, 0.15) is 26.2 Å². The van der Waals surface area contributed by atoms with Crippen molar-refractivity contribution < 1.29 is 4.79 Å². The second-order valence-corrected chi connectivity index (χ2v) is 4.31. The van der Waals surface area contributed by atoms with Gasteiger partial charge < -0.3 is 10.6 Å². The van der Waals surface area contributed by atoms with Gasteiger partial charge in [0.15, 0.2) is 0 Å². The summed E-state index contributed by atoms with van der Waals surface area (Å²) in [4.78, 5) is 14.0. The molecule has 1 saturated carbocycles. The van der Waals surface area contributed by atoms with E-state index in [0.29, 0.717) is 12.2 Å². The van der Waals surface area contributed by atoms with Crippen molar-refractivity contribution in [1.29, 1.82) is 0 Å². The first kappa shape index (κ1) is 11.0. The largest absolute Gasteiger partial charge is 0.399 e. The minimum absolute atomic E-state index is 0.237. The Hall–Kier alpha value is -1.51. The summed E-state index contributed by atoms with van der Waals surface area (Å²) >= 11 is 0. The molecule has 1 aliphatic rings. The lowest BCUT2D eigenvalue weighted by Gasteiger charge is -2.31. The highest BCUT2D eigenvalue weighted by atomic mass is 16.2. The van der Waals surface area contributed by atoms with E-state index in [1.165, 1.54) is 6.42 Å². The Labute approximate surface area is 96.2 Å². The second-order valence-electron chi connectivity index (χ2n) is 4.31. The highest BCUT2D eigenvalue weighted by Crippen LogP contribution is 2.30. The average Bonchev–Trinajstić information content (AvgIpc) is 2.16. The van der Waals surface area contributed by atoms with E-state index in [1.54, 1.807) is 0 Å². The molecule has 0 bridgehead atoms. The molecule has 1 aromatic rings. The molecule has 1 amide bonds. The molecule has 3 heteroatoms. The molecule has 0 spiro atoms. The third kappa shape index (κ3) is 2.03. The maximum atomic E-state index is 12.2. The molecule has 0 unspecified atom stereocenters. The van der Waals surface area contributed by atoms with Crippen LogP contribution in [0.25, 0.3) is 0 Å². The van der Waals surface area contributed by atoms with Gasteiger partial charge in [0, 0.05) is 23.8 Å². The van der Waals surface area contributed by atoms with E-state index >= 15 is 0 Å². The van der Waals surface area contributed by atoms with E-state index in [0.717, 1.165) is 18.5 Å². The summed E-state index contributed by atoms with van der Waals surface area (Å²) in [5.41, 5.74) is 7.36. The maximum absolute atomic E-state index is 12.2. The monoisotopic (exact) mass is 218 g/mol. The molecule has 3 nitrogen and oxygen atoms in total. The zero-order valence-corrected chi connectivity index (χ0v) is 9.65. The number of hydrogen-bond acceptors (Lipinski definition) is 2. The predicted octanol–water partition coefficient (Wildman–Crippen LogP) is 2.42. The van der Waals surface area contributed by atoms with Crippen molar-refractivity contribution in [1.82, 2.24) is 0 Å². The van der Waals surface area contributed by atoms with Gasteiger partial charge in [-0.25, -0.2) is 0 Å². The van der Waals surface area contributed by atoms with E-state index in [9.17, 15) is 4.79 Å². The number of hydrogen-bond donors (Lipinski definition) is 1. The van der Waals surface area contributed by atoms with Crippen LogP contribution in [0, 0.1) is 5.92 Å². The van der Waals surface area contributed by atoms with Crippen molar-refractivity contribution in [3.8, 4) is 0 Å². The zero-order chi connectivity index (χ0) is 11.5. The zero-order valence-electron chi connectivity index (χ0n) is 9.65. The molecule has 1 aromatic carbocycles. The molecule has 0 radical (unpaired) electrons. The molecule has 2 rings (SSSR count). The molecule has 1 aliphatic carbocycles. The molecular weight excluding hydrogens is 200 g/mol. The summed E-state index contributed by atoms with van der Waals surface area (Å²) in [5, 5.41) is 0. The van der Waals surface area contributed by atoms with Crippen LogP contribution in [-0.4, -0.2) is 12.5 Å². The highest BCUT2D eigenvalue weighted by molar-refractivity contribution is 5.95. The number of carbonyl (C=O) groups is 1. The molecule has 2 N–H and O–H groups in total. The Morgan fingerprint density at radius 3 is 2.75 bits per heavy atom. The third-order valence-electron chi connectivity index (χ3n) is 3.22. The van der Waals surface area contributed by atoms with Crippen LogP contribution >= 0.6 is 0 Å². The van der Waals surface area contributed by atoms with Gasteiger partial charge in [-0.15, -0.1) is 0 Å². The molecule has 1 fully saturated rings. The molecule has 0 aliphatic heterocycles. The maximum Gasteiger partial charge on any atom is 0.230 e. The average molecular weight is 218 g/mol. The molecular formula is C13H18N2O. The fourth-order valence-electron chi connectivity index (χ4n) is 2.03. The van der Waals surface area contributed by atoms with Crippen molar-refractivity contribution in [2.75, 3.05) is 17.2 Å². The number of amides is 1. The van der Waals surface area contributed by atoms with E-state index in [1.807, 2.05) is 36.1 Å². The van der Waals surface area contributed by atoms with Crippen LogP contribution in [0.4, 0.5) is 11.4 Å². The fourth-order valence-corrected chi connectivity index (χ4v) is 2.03. The molecule has 16 heavy (non-hydrogen) atoms. The fraction of sp³-hybridized carbons (Fsp3) is 0.462. The first-order valence-electron chi connectivity index (χ1n) is 5.89. The summed E-state index contributed by atoms with van der Waals surface area (Å²) < 4.78 is 0. The molecule has 0 atom stereocenters. The first-order chi connectivity index (χ1) is 7.72. The molecule has 0 heterocycles. The van der Waals surface area contributed by atoms with Gasteiger partial charge in [0.1, 0.15) is 0 Å². The normalized spacial score (nSPS) is 15.6. The van der Waals surface area contributed by atoms with Gasteiger partial charge in [-0.3, -0.25) is 4.79 Å². The summed E-state index contributed by atoms with van der Waals surface area (Å²) in [6, 6.07) is 7.53. The van der Waals surface area contributed by atoms with Crippen LogP contribution < -0.4 is 10.6 Å². The topological polar surface area (TPSA) is 46.3 Å². The summed E-state index contributed by atoms with van der Waals surface area (Å²) in [5.74, 6) is 0.487. The second kappa shape index (κ2) is 4.56. The van der Waals surface area contributed by atoms with Gasteiger partial charge in [0.25, 0.3) is 0 Å². The molecule has 86 valence electrons. The summed E-state index contributed by atoms with van der Waals surface area (Å²) in [6.45, 7) is 2.71. The van der Waals surface area contributed by atoms with Gasteiger partial charge in [-0.1, -0.05) is 12.5 Å². The van der Waals surface area contributed by atoms with E-state index in [4.69, 9.17) is 5.73 Å². The quantitative estimate of drug-likeness (QED) is 0.792. The van der Waals surface area contributed by atoms with Crippen molar-refractivity contribution in [3.05, 3.63) is 24.3 Å². The van der Waals surface area contributed by atoms with Gasteiger partial charge in [0.2, 0.25) is 5.91 Å². The Bertz CT molecular complexity index is 385. The van der Waals surface area contributed by atoms with Crippen molar-refractivity contribution >= 4 is 17.3 Å². The Balaban J connectivity index is 2.18. The smallest absolute Gasteiger partial charge is 0.230 e. The van der Waals surface area contributed by atoms with E-state index in [2.05, 4.69) is 0 Å². The van der Waals surface area contributed by atoms with Crippen LogP contribution in [0.2, 0.25) is 0 Å². The minimum atomic E-state index is 0.237. The number of nitrogens with zero attached hydrogens (tertiary/aromatic N) is 1. The summed E-state index contributed by atoms with van der Waals surface area (Å²) in [7, 11) is 0. The summed E-state index contributed by atoms with van der Waals surface area (Å²) in [6.07, 6.45) is 3.26. The van der Waals surface area contributed by atoms with Crippen LogP contribution in [0.5, 0.6) is 0 Å². The SMILES string of the molecule is CCN(C(=O)C1CCC1)c1cccc(N)c1. The number of carbonyl (C=O) groups excluding carboxylic acids is 1. The van der Waals surface area contributed by atoms with Crippen molar-refractivity contribution in [2.45, 2.75) is 26.2 Å². The van der Waals surface area contributed by atoms with Gasteiger partial charge in [-0.2, -0.15) is 0 Å². The Morgan fingerprint density at radius 1 is 1.50 bits per heavy atom. The first-order valence-corrected chi connectivity index (χ1v) is 5.89.